The van der Waals surface area contributed by atoms with Crippen LogP contribution in [-0.2, 0) is 4.74 Å². The Morgan fingerprint density at radius 3 is 2.23 bits per heavy atom. The van der Waals surface area contributed by atoms with Crippen LogP contribution >= 0.6 is 0 Å². The number of esters is 1. The monoisotopic (exact) mass is 413 g/mol. The van der Waals surface area contributed by atoms with E-state index < -0.39 is 23.9 Å². The minimum absolute atomic E-state index is 0.0960. The van der Waals surface area contributed by atoms with Crippen molar-refractivity contribution in [2.24, 2.45) is 0 Å². The predicted octanol–water partition coefficient (Wildman–Crippen LogP) is 4.22. The van der Waals surface area contributed by atoms with E-state index in [1.807, 2.05) is 13.0 Å². The lowest BCUT2D eigenvalue weighted by molar-refractivity contribution is 0.0318. The smallest absolute Gasteiger partial charge is 0.338 e. The summed E-state index contributed by atoms with van der Waals surface area (Å²) in [5.41, 5.74) is 2.26. The van der Waals surface area contributed by atoms with Crippen LogP contribution in [-0.4, -0.2) is 29.7 Å². The van der Waals surface area contributed by atoms with E-state index in [9.17, 15) is 19.2 Å². The van der Waals surface area contributed by atoms with Gasteiger partial charge in [0.1, 0.15) is 0 Å². The molecule has 1 heterocycles. The summed E-state index contributed by atoms with van der Waals surface area (Å²) in [6.45, 7) is 3.36. The Kier molecular flexibility index (Phi) is 5.21. The highest BCUT2D eigenvalue weighted by Crippen LogP contribution is 2.29. The highest BCUT2D eigenvalue weighted by atomic mass is 16.5. The Morgan fingerprint density at radius 2 is 1.52 bits per heavy atom. The molecule has 1 atom stereocenters. The molecule has 0 bridgehead atoms. The van der Waals surface area contributed by atoms with Crippen LogP contribution in [0.15, 0.2) is 72.8 Å². The number of anilines is 1. The molecular formula is C25H19NO5. The van der Waals surface area contributed by atoms with Gasteiger partial charge in [0.2, 0.25) is 5.78 Å². The molecule has 1 aliphatic heterocycles. The predicted molar refractivity (Wildman–Crippen MR) is 114 cm³/mol. The van der Waals surface area contributed by atoms with E-state index in [0.717, 1.165) is 10.5 Å². The lowest BCUT2D eigenvalue weighted by Gasteiger charge is -2.14. The zero-order valence-corrected chi connectivity index (χ0v) is 17.0. The van der Waals surface area contributed by atoms with Crippen molar-refractivity contribution >= 4 is 29.3 Å². The number of carbonyl (C=O) groups is 4. The summed E-state index contributed by atoms with van der Waals surface area (Å²) in [5, 5.41) is 0. The number of benzene rings is 3. The molecule has 0 N–H and O–H groups in total. The summed E-state index contributed by atoms with van der Waals surface area (Å²) in [6, 6.07) is 19.8. The number of imide groups is 1. The average Bonchev–Trinajstić information content (AvgIpc) is 3.03. The second-order valence-corrected chi connectivity index (χ2v) is 7.32. The van der Waals surface area contributed by atoms with Crippen LogP contribution in [0.3, 0.4) is 0 Å². The second-order valence-electron chi connectivity index (χ2n) is 7.32. The number of amides is 2. The molecular weight excluding hydrogens is 394 g/mol. The van der Waals surface area contributed by atoms with Gasteiger partial charge >= 0.3 is 5.97 Å². The number of Topliss-reactive ketones (excluding diaryl/α,β-unsaturated/α-hetero) is 1. The van der Waals surface area contributed by atoms with Crippen LogP contribution in [0.5, 0.6) is 0 Å². The summed E-state index contributed by atoms with van der Waals surface area (Å²) >= 11 is 0. The third-order valence-electron chi connectivity index (χ3n) is 5.09. The summed E-state index contributed by atoms with van der Waals surface area (Å²) in [7, 11) is 0. The molecule has 4 rings (SSSR count). The molecule has 3 aromatic carbocycles. The third kappa shape index (κ3) is 3.75. The van der Waals surface area contributed by atoms with Gasteiger partial charge < -0.3 is 4.74 Å². The molecule has 6 heteroatoms. The number of fused-ring (bicyclic) bond motifs is 1. The molecule has 0 unspecified atom stereocenters. The van der Waals surface area contributed by atoms with Crippen molar-refractivity contribution < 1.29 is 23.9 Å². The first-order valence-corrected chi connectivity index (χ1v) is 9.76. The van der Waals surface area contributed by atoms with E-state index in [1.54, 1.807) is 48.5 Å². The van der Waals surface area contributed by atoms with E-state index in [0.29, 0.717) is 11.3 Å². The molecule has 31 heavy (non-hydrogen) atoms. The number of carbonyl (C=O) groups excluding carboxylic acids is 4. The van der Waals surface area contributed by atoms with Crippen LogP contribution in [0.4, 0.5) is 5.69 Å². The Morgan fingerprint density at radius 1 is 0.806 bits per heavy atom. The number of rotatable bonds is 5. The maximum atomic E-state index is 12.9. The van der Waals surface area contributed by atoms with Gasteiger partial charge in [-0.25, -0.2) is 9.69 Å². The lowest BCUT2D eigenvalue weighted by Crippen LogP contribution is -2.29. The Balaban J connectivity index is 1.56. The fraction of sp³-hybridized carbons (Fsp3) is 0.120. The maximum absolute atomic E-state index is 12.9. The van der Waals surface area contributed by atoms with Gasteiger partial charge in [0.15, 0.2) is 6.10 Å². The fourth-order valence-corrected chi connectivity index (χ4v) is 3.49. The van der Waals surface area contributed by atoms with Crippen molar-refractivity contribution in [2.75, 3.05) is 4.90 Å². The van der Waals surface area contributed by atoms with E-state index >= 15 is 0 Å². The van der Waals surface area contributed by atoms with Crippen LogP contribution in [0.1, 0.15) is 53.9 Å². The van der Waals surface area contributed by atoms with Gasteiger partial charge in [-0.1, -0.05) is 42.5 Å². The second kappa shape index (κ2) is 7.99. The van der Waals surface area contributed by atoms with Gasteiger partial charge in [0.25, 0.3) is 11.8 Å². The fourth-order valence-electron chi connectivity index (χ4n) is 3.49. The van der Waals surface area contributed by atoms with Crippen molar-refractivity contribution in [3.8, 4) is 0 Å². The molecule has 0 fully saturated rings. The van der Waals surface area contributed by atoms with Gasteiger partial charge in [0, 0.05) is 5.56 Å². The van der Waals surface area contributed by atoms with E-state index in [-0.39, 0.29) is 22.5 Å². The summed E-state index contributed by atoms with van der Waals surface area (Å²) in [4.78, 5) is 51.8. The van der Waals surface area contributed by atoms with Crippen LogP contribution < -0.4 is 4.90 Å². The van der Waals surface area contributed by atoms with Gasteiger partial charge in [0.05, 0.1) is 22.4 Å². The standard InChI is InChI=1S/C25H19NO5/c1-15-7-6-10-19(13-15)26-23(28)20-12-11-18(14-21(20)24(26)29)25(30)31-16(2)22(27)17-8-4-3-5-9-17/h3-14,16H,1-2H3/t16-/m1/s1. The Labute approximate surface area is 179 Å². The Hall–Kier alpha value is -4.06. The van der Waals surface area contributed by atoms with E-state index in [4.69, 9.17) is 4.74 Å². The number of ketones is 1. The first-order chi connectivity index (χ1) is 14.9. The van der Waals surface area contributed by atoms with E-state index in [2.05, 4.69) is 0 Å². The van der Waals surface area contributed by atoms with Gasteiger partial charge in [-0.3, -0.25) is 14.4 Å². The first-order valence-electron chi connectivity index (χ1n) is 9.76. The van der Waals surface area contributed by atoms with E-state index in [1.165, 1.54) is 25.1 Å². The average molecular weight is 413 g/mol. The number of aryl methyl sites for hydroxylation is 1. The molecule has 3 aromatic rings. The zero-order chi connectivity index (χ0) is 22.1. The van der Waals surface area contributed by atoms with Crippen molar-refractivity contribution in [1.82, 2.24) is 0 Å². The SMILES string of the molecule is Cc1cccc(N2C(=O)c3ccc(C(=O)O[C@H](C)C(=O)c4ccccc4)cc3C2=O)c1. The maximum Gasteiger partial charge on any atom is 0.338 e. The normalized spacial score (nSPS) is 13.7. The van der Waals surface area contributed by atoms with Gasteiger partial charge in [-0.2, -0.15) is 0 Å². The minimum atomic E-state index is -0.996. The largest absolute Gasteiger partial charge is 0.451 e. The topological polar surface area (TPSA) is 80.8 Å². The number of hydrogen-bond donors (Lipinski definition) is 0. The summed E-state index contributed by atoms with van der Waals surface area (Å²) in [5.74, 6) is -2.02. The number of ether oxygens (including phenoxy) is 1. The van der Waals surface area contributed by atoms with Crippen molar-refractivity contribution in [3.63, 3.8) is 0 Å². The van der Waals surface area contributed by atoms with Crippen LogP contribution in [0, 0.1) is 6.92 Å². The lowest BCUT2D eigenvalue weighted by atomic mass is 10.1. The molecule has 0 saturated heterocycles. The molecule has 0 aliphatic carbocycles. The molecule has 0 aromatic heterocycles. The molecule has 154 valence electrons. The quantitative estimate of drug-likeness (QED) is 0.355. The number of nitrogens with zero attached hydrogens (tertiary/aromatic N) is 1. The first kappa shape index (κ1) is 20.2. The molecule has 6 nitrogen and oxygen atoms in total. The molecule has 0 spiro atoms. The van der Waals surface area contributed by atoms with Crippen LogP contribution in [0.2, 0.25) is 0 Å². The molecule has 0 saturated carbocycles. The Bertz CT molecular complexity index is 1220. The number of hydrogen-bond acceptors (Lipinski definition) is 5. The van der Waals surface area contributed by atoms with Crippen molar-refractivity contribution in [2.45, 2.75) is 20.0 Å². The van der Waals surface area contributed by atoms with Crippen molar-refractivity contribution in [3.05, 3.63) is 101 Å². The molecule has 0 radical (unpaired) electrons. The van der Waals surface area contributed by atoms with Crippen LogP contribution in [0.25, 0.3) is 0 Å². The summed E-state index contributed by atoms with van der Waals surface area (Å²) < 4.78 is 5.30. The molecule has 2 amide bonds. The third-order valence-corrected chi connectivity index (χ3v) is 5.09. The summed E-state index contributed by atoms with van der Waals surface area (Å²) in [6.07, 6.45) is -0.996. The minimum Gasteiger partial charge on any atom is -0.451 e. The highest BCUT2D eigenvalue weighted by Gasteiger charge is 2.37. The van der Waals surface area contributed by atoms with Crippen molar-refractivity contribution in [1.29, 1.82) is 0 Å². The van der Waals surface area contributed by atoms with Gasteiger partial charge in [-0.15, -0.1) is 0 Å². The highest BCUT2D eigenvalue weighted by molar-refractivity contribution is 6.34. The zero-order valence-electron chi connectivity index (χ0n) is 17.0. The van der Waals surface area contributed by atoms with Gasteiger partial charge in [-0.05, 0) is 49.7 Å². The molecule has 1 aliphatic rings.